The highest BCUT2D eigenvalue weighted by Crippen LogP contribution is 2.19. The van der Waals surface area contributed by atoms with E-state index >= 15 is 0 Å². The summed E-state index contributed by atoms with van der Waals surface area (Å²) in [7, 11) is 4.29. The zero-order chi connectivity index (χ0) is 15.2. The van der Waals surface area contributed by atoms with Crippen LogP contribution in [-0.2, 0) is 12.8 Å². The molecule has 0 aliphatic rings. The van der Waals surface area contributed by atoms with E-state index in [-0.39, 0.29) is 5.54 Å². The number of rotatable bonds is 8. The molecule has 1 aromatic rings. The molecule has 1 unspecified atom stereocenters. The van der Waals surface area contributed by atoms with Gasteiger partial charge in [-0.3, -0.25) is 4.98 Å². The van der Waals surface area contributed by atoms with Gasteiger partial charge in [0, 0.05) is 29.9 Å². The van der Waals surface area contributed by atoms with E-state index in [0.717, 1.165) is 25.8 Å². The molecule has 0 radical (unpaired) electrons. The molecular formula is C17H31N3. The maximum atomic E-state index is 4.61. The van der Waals surface area contributed by atoms with Gasteiger partial charge in [0.1, 0.15) is 0 Å². The normalized spacial score (nSPS) is 13.8. The predicted molar refractivity (Wildman–Crippen MR) is 87.2 cm³/mol. The molecule has 3 heteroatoms. The van der Waals surface area contributed by atoms with Crippen molar-refractivity contribution < 1.29 is 0 Å². The number of hydrogen-bond donors (Lipinski definition) is 1. The van der Waals surface area contributed by atoms with Gasteiger partial charge in [0.25, 0.3) is 0 Å². The summed E-state index contributed by atoms with van der Waals surface area (Å²) in [5.74, 6) is 0. The second-order valence-corrected chi connectivity index (χ2v) is 6.27. The Hall–Kier alpha value is -0.930. The van der Waals surface area contributed by atoms with E-state index in [9.17, 15) is 0 Å². The van der Waals surface area contributed by atoms with Crippen molar-refractivity contribution in [1.82, 2.24) is 15.2 Å². The maximum absolute atomic E-state index is 4.61. The Morgan fingerprint density at radius 1 is 1.25 bits per heavy atom. The summed E-state index contributed by atoms with van der Waals surface area (Å²) in [4.78, 5) is 6.90. The predicted octanol–water partition coefficient (Wildman–Crippen LogP) is 2.89. The Kier molecular flexibility index (Phi) is 6.63. The number of aryl methyl sites for hydroxylation is 1. The molecule has 1 N–H and O–H groups in total. The largest absolute Gasteiger partial charge is 0.312 e. The highest BCUT2D eigenvalue weighted by atomic mass is 15.2. The standard InChI is InChI=1S/C17H31N3/c1-7-11-18-16(17(3,4)20(5)6)12-15-10-9-14(8-2)13-19-15/h9-10,13,16,18H,7-8,11-12H2,1-6H3. The lowest BCUT2D eigenvalue weighted by Crippen LogP contribution is -2.56. The molecule has 1 atom stereocenters. The summed E-state index contributed by atoms with van der Waals surface area (Å²) in [6.45, 7) is 10.0. The molecule has 0 amide bonds. The van der Waals surface area contributed by atoms with Crippen LogP contribution < -0.4 is 5.32 Å². The number of aromatic nitrogens is 1. The van der Waals surface area contributed by atoms with E-state index in [4.69, 9.17) is 0 Å². The van der Waals surface area contributed by atoms with Gasteiger partial charge < -0.3 is 10.2 Å². The molecule has 20 heavy (non-hydrogen) atoms. The molecule has 0 bridgehead atoms. The molecule has 0 saturated heterocycles. The molecular weight excluding hydrogens is 246 g/mol. The lowest BCUT2D eigenvalue weighted by atomic mass is 9.89. The van der Waals surface area contributed by atoms with Gasteiger partial charge in [-0.2, -0.15) is 0 Å². The zero-order valence-electron chi connectivity index (χ0n) is 14.0. The average molecular weight is 277 g/mol. The minimum absolute atomic E-state index is 0.0975. The second-order valence-electron chi connectivity index (χ2n) is 6.27. The Morgan fingerprint density at radius 3 is 2.40 bits per heavy atom. The lowest BCUT2D eigenvalue weighted by Gasteiger charge is -2.40. The number of nitrogens with one attached hydrogen (secondary N) is 1. The van der Waals surface area contributed by atoms with Gasteiger partial charge in [0.2, 0.25) is 0 Å². The van der Waals surface area contributed by atoms with Gasteiger partial charge in [0.05, 0.1) is 0 Å². The fourth-order valence-corrected chi connectivity index (χ4v) is 2.20. The number of hydrogen-bond acceptors (Lipinski definition) is 3. The second kappa shape index (κ2) is 7.75. The maximum Gasteiger partial charge on any atom is 0.0420 e. The molecule has 1 heterocycles. The molecule has 1 rings (SSSR count). The molecule has 0 aliphatic heterocycles. The van der Waals surface area contributed by atoms with E-state index in [1.807, 2.05) is 6.20 Å². The van der Waals surface area contributed by atoms with Gasteiger partial charge in [0.15, 0.2) is 0 Å². The molecule has 3 nitrogen and oxygen atoms in total. The summed E-state index contributed by atoms with van der Waals surface area (Å²) in [5.41, 5.74) is 2.57. The highest BCUT2D eigenvalue weighted by Gasteiger charge is 2.31. The van der Waals surface area contributed by atoms with Gasteiger partial charge in [-0.1, -0.05) is 19.9 Å². The zero-order valence-corrected chi connectivity index (χ0v) is 14.0. The van der Waals surface area contributed by atoms with Crippen LogP contribution in [0.2, 0.25) is 0 Å². The monoisotopic (exact) mass is 277 g/mol. The Bertz CT molecular complexity index is 382. The van der Waals surface area contributed by atoms with E-state index in [1.165, 1.54) is 11.3 Å². The van der Waals surface area contributed by atoms with E-state index in [2.05, 4.69) is 69.1 Å². The van der Waals surface area contributed by atoms with Crippen LogP contribution in [0.15, 0.2) is 18.3 Å². The van der Waals surface area contributed by atoms with Crippen molar-refractivity contribution in [3.8, 4) is 0 Å². The summed E-state index contributed by atoms with van der Waals surface area (Å²) < 4.78 is 0. The summed E-state index contributed by atoms with van der Waals surface area (Å²) in [6.07, 6.45) is 5.18. The number of pyridine rings is 1. The van der Waals surface area contributed by atoms with Crippen LogP contribution in [0.25, 0.3) is 0 Å². The summed E-state index contributed by atoms with van der Waals surface area (Å²) in [5, 5.41) is 3.69. The molecule has 0 spiro atoms. The Labute approximate surface area is 124 Å². The number of likely N-dealkylation sites (N-methyl/N-ethyl adjacent to an activating group) is 1. The Morgan fingerprint density at radius 2 is 1.95 bits per heavy atom. The summed E-state index contributed by atoms with van der Waals surface area (Å²) in [6, 6.07) is 4.77. The van der Waals surface area contributed by atoms with Crippen molar-refractivity contribution in [3.63, 3.8) is 0 Å². The SMILES string of the molecule is CCCNC(Cc1ccc(CC)cn1)C(C)(C)N(C)C. The number of nitrogens with zero attached hydrogens (tertiary/aromatic N) is 2. The van der Waals surface area contributed by atoms with Crippen molar-refractivity contribution >= 4 is 0 Å². The van der Waals surface area contributed by atoms with E-state index < -0.39 is 0 Å². The van der Waals surface area contributed by atoms with Crippen LogP contribution in [0.1, 0.15) is 45.4 Å². The van der Waals surface area contributed by atoms with Crippen molar-refractivity contribution in [2.24, 2.45) is 0 Å². The molecule has 0 aliphatic carbocycles. The third-order valence-corrected chi connectivity index (χ3v) is 4.35. The third kappa shape index (κ3) is 4.57. The fourth-order valence-electron chi connectivity index (χ4n) is 2.20. The van der Waals surface area contributed by atoms with Crippen LogP contribution in [0.5, 0.6) is 0 Å². The van der Waals surface area contributed by atoms with Crippen molar-refractivity contribution in [3.05, 3.63) is 29.6 Å². The minimum atomic E-state index is 0.0975. The van der Waals surface area contributed by atoms with Crippen molar-refractivity contribution in [2.75, 3.05) is 20.6 Å². The third-order valence-electron chi connectivity index (χ3n) is 4.35. The van der Waals surface area contributed by atoms with E-state index in [1.54, 1.807) is 0 Å². The van der Waals surface area contributed by atoms with Crippen LogP contribution >= 0.6 is 0 Å². The van der Waals surface area contributed by atoms with E-state index in [0.29, 0.717) is 6.04 Å². The molecule has 0 fully saturated rings. The average Bonchev–Trinajstić information content (AvgIpc) is 2.43. The molecule has 0 aromatic carbocycles. The first-order valence-corrected chi connectivity index (χ1v) is 7.76. The highest BCUT2D eigenvalue weighted by molar-refractivity contribution is 5.15. The van der Waals surface area contributed by atoms with Crippen LogP contribution in [-0.4, -0.2) is 42.1 Å². The molecule has 114 valence electrons. The van der Waals surface area contributed by atoms with Crippen molar-refractivity contribution in [2.45, 2.75) is 58.5 Å². The minimum Gasteiger partial charge on any atom is -0.312 e. The van der Waals surface area contributed by atoms with Gasteiger partial charge in [-0.25, -0.2) is 0 Å². The first kappa shape index (κ1) is 17.1. The molecule has 1 aromatic heterocycles. The van der Waals surface area contributed by atoms with Crippen LogP contribution in [0.3, 0.4) is 0 Å². The van der Waals surface area contributed by atoms with Crippen LogP contribution in [0, 0.1) is 0 Å². The Balaban J connectivity index is 2.82. The first-order valence-electron chi connectivity index (χ1n) is 7.76. The lowest BCUT2D eigenvalue weighted by molar-refractivity contribution is 0.136. The van der Waals surface area contributed by atoms with Gasteiger partial charge in [-0.05, 0) is 59.0 Å². The smallest absolute Gasteiger partial charge is 0.0420 e. The summed E-state index contributed by atoms with van der Waals surface area (Å²) >= 11 is 0. The van der Waals surface area contributed by atoms with Crippen LogP contribution in [0.4, 0.5) is 0 Å². The molecule has 0 saturated carbocycles. The quantitative estimate of drug-likeness (QED) is 0.792. The topological polar surface area (TPSA) is 28.2 Å². The van der Waals surface area contributed by atoms with Gasteiger partial charge >= 0.3 is 0 Å². The fraction of sp³-hybridized carbons (Fsp3) is 0.706. The van der Waals surface area contributed by atoms with Crippen molar-refractivity contribution in [1.29, 1.82) is 0 Å². The first-order chi connectivity index (χ1) is 9.41. The van der Waals surface area contributed by atoms with Gasteiger partial charge in [-0.15, -0.1) is 0 Å².